The van der Waals surface area contributed by atoms with Gasteiger partial charge in [0.15, 0.2) is 0 Å². The number of nitrogens with one attached hydrogen (secondary N) is 1. The lowest BCUT2D eigenvalue weighted by Crippen LogP contribution is -2.36. The number of hydrogen-bond acceptors (Lipinski definition) is 4. The Bertz CT molecular complexity index is 890. The maximum atomic E-state index is 12.9. The first-order valence-corrected chi connectivity index (χ1v) is 9.46. The molecule has 0 spiro atoms. The van der Waals surface area contributed by atoms with Gasteiger partial charge >= 0.3 is 5.97 Å². The summed E-state index contributed by atoms with van der Waals surface area (Å²) in [5.41, 5.74) is 1.47. The van der Waals surface area contributed by atoms with Gasteiger partial charge in [0.1, 0.15) is 0 Å². The molecule has 1 heterocycles. The predicted octanol–water partition coefficient (Wildman–Crippen LogP) is 4.01. The van der Waals surface area contributed by atoms with Gasteiger partial charge in [-0.1, -0.05) is 11.6 Å². The predicted molar refractivity (Wildman–Crippen MR) is 107 cm³/mol. The fourth-order valence-corrected chi connectivity index (χ4v) is 3.32. The highest BCUT2D eigenvalue weighted by Crippen LogP contribution is 2.24. The number of carbonyl (C=O) groups is 3. The van der Waals surface area contributed by atoms with Crippen LogP contribution in [-0.4, -0.2) is 42.9 Å². The van der Waals surface area contributed by atoms with Crippen molar-refractivity contribution >= 4 is 35.1 Å². The Kier molecular flexibility index (Phi) is 6.31. The third kappa shape index (κ3) is 4.51. The quantitative estimate of drug-likeness (QED) is 0.787. The van der Waals surface area contributed by atoms with Crippen LogP contribution >= 0.6 is 11.6 Å². The molecule has 3 rings (SSSR count). The maximum absolute atomic E-state index is 12.9. The molecule has 28 heavy (non-hydrogen) atoms. The molecule has 0 aliphatic carbocycles. The first-order chi connectivity index (χ1) is 13.5. The van der Waals surface area contributed by atoms with Crippen LogP contribution in [0.5, 0.6) is 0 Å². The third-order valence-electron chi connectivity index (χ3n) is 4.67. The highest BCUT2D eigenvalue weighted by atomic mass is 35.5. The molecular formula is C21H21ClN2O4. The second-order valence-corrected chi connectivity index (χ2v) is 7.00. The monoisotopic (exact) mass is 400 g/mol. The number of hydrogen-bond donors (Lipinski definition) is 1. The maximum Gasteiger partial charge on any atom is 0.337 e. The second kappa shape index (κ2) is 8.89. The van der Waals surface area contributed by atoms with Crippen LogP contribution in [0.2, 0.25) is 5.02 Å². The van der Waals surface area contributed by atoms with Crippen molar-refractivity contribution < 1.29 is 19.1 Å². The molecule has 0 bridgehead atoms. The minimum Gasteiger partial charge on any atom is -0.465 e. The zero-order valence-corrected chi connectivity index (χ0v) is 16.3. The van der Waals surface area contributed by atoms with E-state index in [0.717, 1.165) is 19.3 Å². The first-order valence-electron chi connectivity index (χ1n) is 9.08. The van der Waals surface area contributed by atoms with Crippen molar-refractivity contribution in [3.8, 4) is 0 Å². The number of nitrogens with zero attached hydrogens (tertiary/aromatic N) is 1. The van der Waals surface area contributed by atoms with Gasteiger partial charge in [-0.15, -0.1) is 0 Å². The van der Waals surface area contributed by atoms with Crippen molar-refractivity contribution in [3.05, 3.63) is 64.2 Å². The average Bonchev–Trinajstić information content (AvgIpc) is 2.73. The number of amides is 2. The molecule has 1 N–H and O–H groups in total. The fraction of sp³-hybridized carbons (Fsp3) is 0.286. The van der Waals surface area contributed by atoms with Crippen molar-refractivity contribution in [2.24, 2.45) is 0 Å². The number of benzene rings is 2. The van der Waals surface area contributed by atoms with Crippen LogP contribution in [0.15, 0.2) is 42.5 Å². The van der Waals surface area contributed by atoms with Crippen molar-refractivity contribution in [3.63, 3.8) is 0 Å². The summed E-state index contributed by atoms with van der Waals surface area (Å²) in [5, 5.41) is 3.19. The molecule has 0 saturated carbocycles. The van der Waals surface area contributed by atoms with Crippen molar-refractivity contribution in [2.75, 3.05) is 25.5 Å². The van der Waals surface area contributed by atoms with Gasteiger partial charge in [0.05, 0.1) is 23.9 Å². The lowest BCUT2D eigenvalue weighted by atomic mass is 10.1. The molecule has 2 aromatic carbocycles. The number of esters is 1. The molecule has 1 aliphatic rings. The molecule has 0 unspecified atom stereocenters. The highest BCUT2D eigenvalue weighted by molar-refractivity contribution is 6.31. The van der Waals surface area contributed by atoms with E-state index < -0.39 is 11.9 Å². The van der Waals surface area contributed by atoms with E-state index in [1.807, 2.05) is 0 Å². The van der Waals surface area contributed by atoms with Crippen LogP contribution in [0, 0.1) is 0 Å². The van der Waals surface area contributed by atoms with E-state index in [1.165, 1.54) is 31.4 Å². The molecule has 0 radical (unpaired) electrons. The van der Waals surface area contributed by atoms with Gasteiger partial charge in [0, 0.05) is 23.7 Å². The average molecular weight is 401 g/mol. The van der Waals surface area contributed by atoms with Crippen LogP contribution < -0.4 is 5.32 Å². The van der Waals surface area contributed by atoms with Gasteiger partial charge in [-0.2, -0.15) is 0 Å². The summed E-state index contributed by atoms with van der Waals surface area (Å²) in [7, 11) is 1.29. The summed E-state index contributed by atoms with van der Waals surface area (Å²) in [6, 6.07) is 10.9. The Morgan fingerprint density at radius 1 is 0.964 bits per heavy atom. The van der Waals surface area contributed by atoms with Crippen molar-refractivity contribution in [1.82, 2.24) is 4.90 Å². The van der Waals surface area contributed by atoms with Crippen molar-refractivity contribution in [1.29, 1.82) is 0 Å². The number of piperidine rings is 1. The van der Waals surface area contributed by atoms with E-state index in [2.05, 4.69) is 10.1 Å². The lowest BCUT2D eigenvalue weighted by molar-refractivity contribution is 0.0600. The van der Waals surface area contributed by atoms with E-state index in [-0.39, 0.29) is 5.91 Å². The molecule has 7 heteroatoms. The summed E-state index contributed by atoms with van der Waals surface area (Å²) in [4.78, 5) is 38.8. The molecule has 2 aromatic rings. The smallest absolute Gasteiger partial charge is 0.337 e. The summed E-state index contributed by atoms with van der Waals surface area (Å²) < 4.78 is 4.65. The second-order valence-electron chi connectivity index (χ2n) is 6.57. The van der Waals surface area contributed by atoms with Crippen LogP contribution in [0.4, 0.5) is 5.69 Å². The normalized spacial score (nSPS) is 13.7. The Balaban J connectivity index is 1.81. The molecular weight excluding hydrogens is 380 g/mol. The van der Waals surface area contributed by atoms with Gasteiger partial charge in [-0.25, -0.2) is 4.79 Å². The summed E-state index contributed by atoms with van der Waals surface area (Å²) in [6.45, 7) is 1.42. The van der Waals surface area contributed by atoms with Crippen LogP contribution in [0.25, 0.3) is 0 Å². The molecule has 2 amide bonds. The Labute approximate surface area is 168 Å². The van der Waals surface area contributed by atoms with E-state index in [1.54, 1.807) is 23.1 Å². The first kappa shape index (κ1) is 19.9. The Morgan fingerprint density at radius 2 is 1.61 bits per heavy atom. The van der Waals surface area contributed by atoms with Gasteiger partial charge < -0.3 is 15.0 Å². The van der Waals surface area contributed by atoms with E-state index in [0.29, 0.717) is 40.5 Å². The molecule has 1 saturated heterocycles. The minimum absolute atomic E-state index is 0.118. The van der Waals surface area contributed by atoms with E-state index in [9.17, 15) is 14.4 Å². The number of likely N-dealkylation sites (tertiary alicyclic amines) is 1. The summed E-state index contributed by atoms with van der Waals surface area (Å²) >= 11 is 6.08. The van der Waals surface area contributed by atoms with E-state index in [4.69, 9.17) is 11.6 Å². The number of anilines is 1. The van der Waals surface area contributed by atoms with Crippen LogP contribution in [0.1, 0.15) is 50.3 Å². The fourth-order valence-electron chi connectivity index (χ4n) is 3.14. The zero-order valence-electron chi connectivity index (χ0n) is 15.5. The number of carbonyl (C=O) groups excluding carboxylic acids is 3. The number of ether oxygens (including phenoxy) is 1. The number of methoxy groups -OCH3 is 1. The lowest BCUT2D eigenvalue weighted by Gasteiger charge is -2.27. The summed E-state index contributed by atoms with van der Waals surface area (Å²) in [6.07, 6.45) is 3.08. The summed E-state index contributed by atoms with van der Waals surface area (Å²) in [5.74, 6) is -0.990. The standard InChI is InChI=1S/C21H21ClN2O4/c1-28-21(27)15-7-5-14(6-8-15)19(25)23-18-13-16(22)9-10-17(18)20(26)24-11-3-2-4-12-24/h5-10,13H,2-4,11-12H2,1H3,(H,23,25). The zero-order chi connectivity index (χ0) is 20.1. The molecule has 1 fully saturated rings. The van der Waals surface area contributed by atoms with Gasteiger partial charge in [0.2, 0.25) is 0 Å². The minimum atomic E-state index is -0.476. The van der Waals surface area contributed by atoms with Crippen LogP contribution in [-0.2, 0) is 4.74 Å². The molecule has 0 aromatic heterocycles. The molecule has 6 nitrogen and oxygen atoms in total. The third-order valence-corrected chi connectivity index (χ3v) is 4.91. The molecule has 146 valence electrons. The number of rotatable bonds is 4. The Hall–Kier alpha value is -2.86. The highest BCUT2D eigenvalue weighted by Gasteiger charge is 2.22. The van der Waals surface area contributed by atoms with E-state index >= 15 is 0 Å². The largest absolute Gasteiger partial charge is 0.465 e. The van der Waals surface area contributed by atoms with Gasteiger partial charge in [-0.05, 0) is 61.7 Å². The molecule has 0 atom stereocenters. The topological polar surface area (TPSA) is 75.7 Å². The van der Waals surface area contributed by atoms with Gasteiger partial charge in [0.25, 0.3) is 11.8 Å². The van der Waals surface area contributed by atoms with Gasteiger partial charge in [-0.3, -0.25) is 9.59 Å². The number of halogens is 1. The van der Waals surface area contributed by atoms with Crippen LogP contribution in [0.3, 0.4) is 0 Å². The van der Waals surface area contributed by atoms with Crippen molar-refractivity contribution in [2.45, 2.75) is 19.3 Å². The molecule has 1 aliphatic heterocycles. The SMILES string of the molecule is COC(=O)c1ccc(C(=O)Nc2cc(Cl)ccc2C(=O)N2CCCCC2)cc1. The Morgan fingerprint density at radius 3 is 2.25 bits per heavy atom.